The number of aryl methyl sites for hydroxylation is 1. The second-order valence-corrected chi connectivity index (χ2v) is 6.66. The first kappa shape index (κ1) is 14.5. The van der Waals surface area contributed by atoms with Crippen LogP contribution in [0.25, 0.3) is 10.9 Å². The third-order valence-corrected chi connectivity index (χ3v) is 4.18. The monoisotopic (exact) mass is 284 g/mol. The van der Waals surface area contributed by atoms with Crippen molar-refractivity contribution in [1.29, 1.82) is 0 Å². The summed E-state index contributed by atoms with van der Waals surface area (Å²) in [6, 6.07) is 11.3. The molecule has 0 saturated carbocycles. The first-order valence-corrected chi connectivity index (χ1v) is 7.75. The summed E-state index contributed by atoms with van der Waals surface area (Å²) in [5, 5.41) is 4.88. The largest absolute Gasteiger partial charge is 0.375 e. The van der Waals surface area contributed by atoms with Gasteiger partial charge in [0.2, 0.25) is 0 Å². The van der Waals surface area contributed by atoms with Crippen LogP contribution in [-0.4, -0.2) is 23.2 Å². The van der Waals surface area contributed by atoms with E-state index in [4.69, 9.17) is 4.74 Å². The Morgan fingerprint density at radius 2 is 2.14 bits per heavy atom. The highest BCUT2D eigenvalue weighted by Gasteiger charge is 2.28. The van der Waals surface area contributed by atoms with E-state index >= 15 is 0 Å². The van der Waals surface area contributed by atoms with Crippen LogP contribution >= 0.6 is 0 Å². The van der Waals surface area contributed by atoms with Gasteiger partial charge in [-0.1, -0.05) is 12.1 Å². The van der Waals surface area contributed by atoms with E-state index in [2.05, 4.69) is 54.5 Å². The van der Waals surface area contributed by atoms with Gasteiger partial charge in [-0.3, -0.25) is 4.98 Å². The predicted octanol–water partition coefficient (Wildman–Crippen LogP) is 3.59. The maximum Gasteiger partial charge on any atom is 0.0705 e. The number of hydrogen-bond donors (Lipinski definition) is 1. The Kier molecular flexibility index (Phi) is 3.96. The highest BCUT2D eigenvalue weighted by atomic mass is 16.5. The summed E-state index contributed by atoms with van der Waals surface area (Å²) >= 11 is 0. The number of benzene rings is 1. The van der Waals surface area contributed by atoms with Crippen molar-refractivity contribution in [3.05, 3.63) is 41.6 Å². The maximum absolute atomic E-state index is 5.77. The average Bonchev–Trinajstić information content (AvgIpc) is 2.44. The molecule has 112 valence electrons. The third-order valence-electron chi connectivity index (χ3n) is 4.18. The summed E-state index contributed by atoms with van der Waals surface area (Å²) in [5.41, 5.74) is 3.46. The molecule has 1 aliphatic heterocycles. The molecule has 2 aromatic rings. The smallest absolute Gasteiger partial charge is 0.0705 e. The summed E-state index contributed by atoms with van der Waals surface area (Å²) in [5.74, 6) is 0. The molecule has 0 amide bonds. The molecule has 3 nitrogen and oxygen atoms in total. The Bertz CT molecular complexity index is 636. The Balaban J connectivity index is 1.66. The molecule has 1 saturated heterocycles. The van der Waals surface area contributed by atoms with Gasteiger partial charge in [0.25, 0.3) is 0 Å². The first-order chi connectivity index (χ1) is 10.0. The van der Waals surface area contributed by atoms with Gasteiger partial charge in [-0.05, 0) is 57.4 Å². The van der Waals surface area contributed by atoms with Crippen molar-refractivity contribution in [3.8, 4) is 0 Å². The minimum Gasteiger partial charge on any atom is -0.375 e. The zero-order valence-corrected chi connectivity index (χ0v) is 13.1. The maximum atomic E-state index is 5.77. The van der Waals surface area contributed by atoms with E-state index in [0.29, 0.717) is 6.04 Å². The standard InChI is InChI=1S/C18H24N2O/c1-13-4-6-15-10-14(5-7-17(15)20-13)12-19-16-8-9-21-18(2,3)11-16/h4-7,10,16,19H,8-9,11-12H2,1-3H3. The highest BCUT2D eigenvalue weighted by molar-refractivity contribution is 5.79. The number of nitrogens with one attached hydrogen (secondary N) is 1. The fourth-order valence-corrected chi connectivity index (χ4v) is 3.06. The van der Waals surface area contributed by atoms with Gasteiger partial charge in [-0.2, -0.15) is 0 Å². The fourth-order valence-electron chi connectivity index (χ4n) is 3.06. The number of aromatic nitrogens is 1. The van der Waals surface area contributed by atoms with Gasteiger partial charge in [0, 0.05) is 30.3 Å². The van der Waals surface area contributed by atoms with Crippen LogP contribution in [0.3, 0.4) is 0 Å². The van der Waals surface area contributed by atoms with E-state index in [1.165, 1.54) is 10.9 Å². The minimum atomic E-state index is 0.000742. The first-order valence-electron chi connectivity index (χ1n) is 7.75. The van der Waals surface area contributed by atoms with E-state index in [9.17, 15) is 0 Å². The zero-order chi connectivity index (χ0) is 14.9. The van der Waals surface area contributed by atoms with E-state index in [0.717, 1.165) is 37.2 Å². The average molecular weight is 284 g/mol. The summed E-state index contributed by atoms with van der Waals surface area (Å²) in [6.07, 6.45) is 2.17. The van der Waals surface area contributed by atoms with Gasteiger partial charge >= 0.3 is 0 Å². The molecule has 21 heavy (non-hydrogen) atoms. The lowest BCUT2D eigenvalue weighted by Gasteiger charge is -2.36. The number of fused-ring (bicyclic) bond motifs is 1. The number of hydrogen-bond acceptors (Lipinski definition) is 3. The van der Waals surface area contributed by atoms with Gasteiger partial charge in [-0.25, -0.2) is 0 Å². The van der Waals surface area contributed by atoms with Crippen molar-refractivity contribution >= 4 is 10.9 Å². The lowest BCUT2D eigenvalue weighted by molar-refractivity contribution is -0.0630. The van der Waals surface area contributed by atoms with Crippen LogP contribution < -0.4 is 5.32 Å². The topological polar surface area (TPSA) is 34.1 Å². The molecule has 1 atom stereocenters. The third kappa shape index (κ3) is 3.60. The van der Waals surface area contributed by atoms with Crippen molar-refractivity contribution in [2.24, 2.45) is 0 Å². The van der Waals surface area contributed by atoms with Crippen molar-refractivity contribution < 1.29 is 4.74 Å². The Morgan fingerprint density at radius 3 is 2.95 bits per heavy atom. The zero-order valence-electron chi connectivity index (χ0n) is 13.1. The Hall–Kier alpha value is -1.45. The van der Waals surface area contributed by atoms with E-state index in [1.807, 2.05) is 6.92 Å². The highest BCUT2D eigenvalue weighted by Crippen LogP contribution is 2.24. The second-order valence-electron chi connectivity index (χ2n) is 6.66. The van der Waals surface area contributed by atoms with E-state index in [1.54, 1.807) is 0 Å². The van der Waals surface area contributed by atoms with E-state index in [-0.39, 0.29) is 5.60 Å². The minimum absolute atomic E-state index is 0.000742. The molecule has 0 bridgehead atoms. The summed E-state index contributed by atoms with van der Waals surface area (Å²) in [7, 11) is 0. The number of rotatable bonds is 3. The van der Waals surface area contributed by atoms with Crippen LogP contribution in [0.4, 0.5) is 0 Å². The van der Waals surface area contributed by atoms with Crippen LogP contribution in [0.15, 0.2) is 30.3 Å². The molecule has 1 N–H and O–H groups in total. The van der Waals surface area contributed by atoms with Gasteiger partial charge in [-0.15, -0.1) is 0 Å². The van der Waals surface area contributed by atoms with Crippen molar-refractivity contribution in [1.82, 2.24) is 10.3 Å². The van der Waals surface area contributed by atoms with Crippen LogP contribution in [0.2, 0.25) is 0 Å². The molecular formula is C18H24N2O. The SMILES string of the molecule is Cc1ccc2cc(CNC3CCOC(C)(C)C3)ccc2n1. The molecule has 1 unspecified atom stereocenters. The van der Waals surface area contributed by atoms with Gasteiger partial charge in [0.1, 0.15) is 0 Å². The lowest BCUT2D eigenvalue weighted by atomic mass is 9.94. The molecule has 0 radical (unpaired) electrons. The summed E-state index contributed by atoms with van der Waals surface area (Å²) in [4.78, 5) is 4.55. The van der Waals surface area contributed by atoms with Crippen molar-refractivity contribution in [2.45, 2.75) is 51.8 Å². The molecule has 3 rings (SSSR count). The number of ether oxygens (including phenoxy) is 1. The van der Waals surface area contributed by atoms with Crippen molar-refractivity contribution in [3.63, 3.8) is 0 Å². The Morgan fingerprint density at radius 1 is 1.29 bits per heavy atom. The molecule has 3 heteroatoms. The fraction of sp³-hybridized carbons (Fsp3) is 0.500. The van der Waals surface area contributed by atoms with Gasteiger partial charge in [0.15, 0.2) is 0 Å². The van der Waals surface area contributed by atoms with Crippen LogP contribution in [0.5, 0.6) is 0 Å². The number of nitrogens with zero attached hydrogens (tertiary/aromatic N) is 1. The summed E-state index contributed by atoms with van der Waals surface area (Å²) < 4.78 is 5.77. The van der Waals surface area contributed by atoms with Crippen LogP contribution in [0.1, 0.15) is 37.9 Å². The quantitative estimate of drug-likeness (QED) is 0.935. The van der Waals surface area contributed by atoms with Gasteiger partial charge in [0.05, 0.1) is 11.1 Å². The van der Waals surface area contributed by atoms with Crippen LogP contribution in [0, 0.1) is 6.92 Å². The van der Waals surface area contributed by atoms with Crippen LogP contribution in [-0.2, 0) is 11.3 Å². The molecule has 2 heterocycles. The molecule has 1 fully saturated rings. The van der Waals surface area contributed by atoms with Crippen molar-refractivity contribution in [2.75, 3.05) is 6.61 Å². The molecule has 1 aliphatic rings. The molecule has 1 aromatic carbocycles. The van der Waals surface area contributed by atoms with Gasteiger partial charge < -0.3 is 10.1 Å². The number of pyridine rings is 1. The lowest BCUT2D eigenvalue weighted by Crippen LogP contribution is -2.43. The molecule has 0 spiro atoms. The molecule has 1 aromatic heterocycles. The predicted molar refractivity (Wildman–Crippen MR) is 86.4 cm³/mol. The normalized spacial score (nSPS) is 21.6. The van der Waals surface area contributed by atoms with E-state index < -0.39 is 0 Å². The molecule has 0 aliphatic carbocycles. The Labute approximate surface area is 126 Å². The molecular weight excluding hydrogens is 260 g/mol. The summed E-state index contributed by atoms with van der Waals surface area (Å²) in [6.45, 7) is 8.13. The second kappa shape index (κ2) is 5.74.